The molecule has 1 unspecified atom stereocenters. The van der Waals surface area contributed by atoms with Crippen LogP contribution in [0.5, 0.6) is 11.6 Å². The summed E-state index contributed by atoms with van der Waals surface area (Å²) < 4.78 is 24.3. The van der Waals surface area contributed by atoms with Crippen LogP contribution in [0.3, 0.4) is 0 Å². The molecule has 1 aromatic heterocycles. The average molecular weight is 569 g/mol. The molecular formula is C23H29FIN5O3. The van der Waals surface area contributed by atoms with Crippen LogP contribution in [-0.2, 0) is 11.3 Å². The minimum absolute atomic E-state index is 0. The van der Waals surface area contributed by atoms with E-state index in [1.807, 2.05) is 26.8 Å². The molecule has 1 fully saturated rings. The molecule has 8 nitrogen and oxygen atoms in total. The summed E-state index contributed by atoms with van der Waals surface area (Å²) in [5, 5.41) is 3.37. The molecule has 1 atom stereocenters. The van der Waals surface area contributed by atoms with Crippen molar-refractivity contribution in [3.8, 4) is 11.6 Å². The zero-order valence-electron chi connectivity index (χ0n) is 19.0. The van der Waals surface area contributed by atoms with E-state index in [1.54, 1.807) is 29.3 Å². The lowest BCUT2D eigenvalue weighted by molar-refractivity contribution is 0.0137. The number of pyridine rings is 1. The zero-order chi connectivity index (χ0) is 22.7. The van der Waals surface area contributed by atoms with Crippen LogP contribution in [0.15, 0.2) is 47.6 Å². The van der Waals surface area contributed by atoms with E-state index in [9.17, 15) is 9.18 Å². The molecule has 3 heterocycles. The third-order valence-electron chi connectivity index (χ3n) is 5.13. The molecule has 1 amide bonds. The largest absolute Gasteiger partial charge is 0.444 e. The molecule has 1 aromatic carbocycles. The van der Waals surface area contributed by atoms with Crippen LogP contribution in [0, 0.1) is 5.82 Å². The highest BCUT2D eigenvalue weighted by atomic mass is 127. The Labute approximate surface area is 210 Å². The number of carbonyl (C=O) groups excluding carboxylic acids is 1. The average Bonchev–Trinajstić information content (AvgIpc) is 3.14. The first-order valence-corrected chi connectivity index (χ1v) is 10.7. The van der Waals surface area contributed by atoms with E-state index in [0.29, 0.717) is 44.4 Å². The number of nitrogens with zero attached hydrogens (tertiary/aromatic N) is 4. The number of benzene rings is 1. The normalized spacial score (nSPS) is 17.6. The number of guanidine groups is 1. The van der Waals surface area contributed by atoms with Crippen LogP contribution in [0.25, 0.3) is 0 Å². The second-order valence-corrected chi connectivity index (χ2v) is 8.86. The Kier molecular flexibility index (Phi) is 7.98. The third kappa shape index (κ3) is 6.68. The first-order valence-electron chi connectivity index (χ1n) is 10.7. The summed E-state index contributed by atoms with van der Waals surface area (Å²) in [7, 11) is 0. The second kappa shape index (κ2) is 10.5. The Balaban J connectivity index is 0.00000306. The van der Waals surface area contributed by atoms with Gasteiger partial charge in [0.25, 0.3) is 0 Å². The summed E-state index contributed by atoms with van der Waals surface area (Å²) in [5.74, 6) is 1.28. The van der Waals surface area contributed by atoms with Crippen molar-refractivity contribution in [2.24, 2.45) is 4.99 Å². The van der Waals surface area contributed by atoms with E-state index in [0.717, 1.165) is 11.5 Å². The second-order valence-electron chi connectivity index (χ2n) is 8.86. The molecule has 1 N–H and O–H groups in total. The summed E-state index contributed by atoms with van der Waals surface area (Å²) in [6.45, 7) is 8.71. The lowest BCUT2D eigenvalue weighted by Gasteiger charge is -2.39. The maximum atomic E-state index is 13.3. The quantitative estimate of drug-likeness (QED) is 0.561. The molecule has 10 heteroatoms. The maximum Gasteiger partial charge on any atom is 0.410 e. The first kappa shape index (κ1) is 25.0. The van der Waals surface area contributed by atoms with Crippen molar-refractivity contribution in [1.82, 2.24) is 20.1 Å². The molecule has 33 heavy (non-hydrogen) atoms. The molecule has 2 aliphatic rings. The van der Waals surface area contributed by atoms with Gasteiger partial charge in [-0.1, -0.05) is 12.1 Å². The summed E-state index contributed by atoms with van der Waals surface area (Å²) >= 11 is 0. The van der Waals surface area contributed by atoms with Crippen molar-refractivity contribution in [3.63, 3.8) is 0 Å². The zero-order valence-corrected chi connectivity index (χ0v) is 21.3. The smallest absolute Gasteiger partial charge is 0.410 e. The molecule has 0 spiro atoms. The minimum Gasteiger partial charge on any atom is -0.444 e. The Morgan fingerprint density at radius 2 is 2.06 bits per heavy atom. The fourth-order valence-corrected chi connectivity index (χ4v) is 3.63. The molecule has 2 aromatic rings. The number of nitrogens with one attached hydrogen (secondary N) is 1. The monoisotopic (exact) mass is 569 g/mol. The van der Waals surface area contributed by atoms with Gasteiger partial charge in [0.05, 0.1) is 12.6 Å². The molecule has 0 radical (unpaired) electrons. The van der Waals surface area contributed by atoms with Crippen molar-refractivity contribution >= 4 is 36.0 Å². The van der Waals surface area contributed by atoms with Crippen molar-refractivity contribution in [3.05, 3.63) is 54.0 Å². The first-order chi connectivity index (χ1) is 15.3. The number of aromatic nitrogens is 1. The highest BCUT2D eigenvalue weighted by Gasteiger charge is 2.36. The number of ether oxygens (including phenoxy) is 2. The van der Waals surface area contributed by atoms with Crippen LogP contribution >= 0.6 is 24.0 Å². The van der Waals surface area contributed by atoms with Gasteiger partial charge in [-0.3, -0.25) is 4.99 Å². The number of carbonyl (C=O) groups is 1. The Morgan fingerprint density at radius 3 is 2.76 bits per heavy atom. The third-order valence-corrected chi connectivity index (χ3v) is 5.13. The van der Waals surface area contributed by atoms with Gasteiger partial charge < -0.3 is 24.6 Å². The van der Waals surface area contributed by atoms with E-state index >= 15 is 0 Å². The number of piperazine rings is 1. The summed E-state index contributed by atoms with van der Waals surface area (Å²) in [5.41, 5.74) is 0.467. The molecule has 0 aliphatic carbocycles. The topological polar surface area (TPSA) is 79.3 Å². The Morgan fingerprint density at radius 1 is 1.24 bits per heavy atom. The van der Waals surface area contributed by atoms with Gasteiger partial charge in [0.1, 0.15) is 17.2 Å². The van der Waals surface area contributed by atoms with Gasteiger partial charge in [0, 0.05) is 44.5 Å². The molecule has 0 bridgehead atoms. The molecule has 4 rings (SSSR count). The lowest BCUT2D eigenvalue weighted by atomic mass is 10.2. The van der Waals surface area contributed by atoms with E-state index in [1.165, 1.54) is 12.1 Å². The highest BCUT2D eigenvalue weighted by molar-refractivity contribution is 14.0. The van der Waals surface area contributed by atoms with Gasteiger partial charge >= 0.3 is 6.09 Å². The van der Waals surface area contributed by atoms with Crippen LogP contribution in [0.1, 0.15) is 26.3 Å². The highest BCUT2D eigenvalue weighted by Crippen LogP contribution is 2.21. The van der Waals surface area contributed by atoms with Gasteiger partial charge in [0.15, 0.2) is 5.96 Å². The van der Waals surface area contributed by atoms with Gasteiger partial charge in [-0.05, 0) is 38.5 Å². The van der Waals surface area contributed by atoms with Crippen LogP contribution in [0.2, 0.25) is 0 Å². The van der Waals surface area contributed by atoms with Gasteiger partial charge in [0.2, 0.25) is 5.88 Å². The molecule has 2 aliphatic heterocycles. The lowest BCUT2D eigenvalue weighted by Crippen LogP contribution is -2.57. The van der Waals surface area contributed by atoms with Crippen molar-refractivity contribution in [2.75, 3.05) is 26.2 Å². The van der Waals surface area contributed by atoms with Crippen molar-refractivity contribution < 1.29 is 18.7 Å². The number of hydrogen-bond donors (Lipinski definition) is 1. The molecular weight excluding hydrogens is 540 g/mol. The Hall–Kier alpha value is -2.63. The van der Waals surface area contributed by atoms with Crippen molar-refractivity contribution in [1.29, 1.82) is 0 Å². The standard InChI is InChI=1S/C23H28FN5O3.HI/c1-23(2,3)32-22(30)28-9-10-29-18(15-28)14-27-21(29)26-13-16-7-8-20(25-12-16)31-19-6-4-5-17(24)11-19;/h4-8,11-12,18H,9-10,13-15H2,1-3H3,(H,26,27);1H. The van der Waals surface area contributed by atoms with Crippen LogP contribution in [-0.4, -0.2) is 64.7 Å². The van der Waals surface area contributed by atoms with Gasteiger partial charge in [-0.25, -0.2) is 14.2 Å². The van der Waals surface area contributed by atoms with E-state index in [-0.39, 0.29) is 41.9 Å². The minimum atomic E-state index is -0.501. The number of hydrogen-bond acceptors (Lipinski definition) is 7. The number of rotatable bonds is 4. The molecule has 0 saturated carbocycles. The van der Waals surface area contributed by atoms with Gasteiger partial charge in [-0.15, -0.1) is 24.0 Å². The number of aliphatic imine (C=N–C) groups is 1. The molecule has 1 saturated heterocycles. The Bertz CT molecular complexity index is 996. The van der Waals surface area contributed by atoms with Crippen LogP contribution < -0.4 is 10.1 Å². The SMILES string of the molecule is CC(C)(C)OC(=O)N1CCN2C(NCc3ccc(Oc4cccc(F)c4)nc3)=NCC2C1.I. The van der Waals surface area contributed by atoms with E-state index in [4.69, 9.17) is 9.47 Å². The summed E-state index contributed by atoms with van der Waals surface area (Å²) in [6, 6.07) is 9.75. The number of halogens is 2. The summed E-state index contributed by atoms with van der Waals surface area (Å²) in [4.78, 5) is 25.2. The summed E-state index contributed by atoms with van der Waals surface area (Å²) in [6.07, 6.45) is 1.44. The van der Waals surface area contributed by atoms with Crippen molar-refractivity contribution in [2.45, 2.75) is 39.0 Å². The fourth-order valence-electron chi connectivity index (χ4n) is 3.63. The fraction of sp³-hybridized carbons (Fsp3) is 0.435. The van der Waals surface area contributed by atoms with E-state index in [2.05, 4.69) is 20.2 Å². The number of fused-ring (bicyclic) bond motifs is 1. The maximum absolute atomic E-state index is 13.3. The molecule has 178 valence electrons. The van der Waals surface area contributed by atoms with Gasteiger partial charge in [-0.2, -0.15) is 0 Å². The predicted molar refractivity (Wildman–Crippen MR) is 134 cm³/mol. The van der Waals surface area contributed by atoms with Crippen LogP contribution in [0.4, 0.5) is 9.18 Å². The van der Waals surface area contributed by atoms with E-state index < -0.39 is 5.60 Å². The number of amides is 1. The predicted octanol–water partition coefficient (Wildman–Crippen LogP) is 4.01.